The second kappa shape index (κ2) is 19.2. The van der Waals surface area contributed by atoms with Gasteiger partial charge in [-0.05, 0) is 122 Å². The van der Waals surface area contributed by atoms with Crippen LogP contribution in [0.2, 0.25) is 0 Å². The summed E-state index contributed by atoms with van der Waals surface area (Å²) >= 11 is 0. The molecule has 2 aromatic carbocycles. The number of imidazole rings is 2. The van der Waals surface area contributed by atoms with Crippen molar-refractivity contribution in [2.75, 3.05) is 27.3 Å². The molecular weight excluding hydrogens is 847 g/mol. The summed E-state index contributed by atoms with van der Waals surface area (Å²) in [6.45, 7) is 8.94. The van der Waals surface area contributed by atoms with Gasteiger partial charge in [-0.15, -0.1) is 0 Å². The quantitative estimate of drug-likeness (QED) is 0.0949. The first-order valence-electron chi connectivity index (χ1n) is 24.3. The third kappa shape index (κ3) is 9.01. The van der Waals surface area contributed by atoms with Crippen LogP contribution in [0, 0.1) is 11.8 Å². The largest absolute Gasteiger partial charge is 0.453 e. The number of H-pyrrole nitrogens is 2. The Labute approximate surface area is 392 Å². The summed E-state index contributed by atoms with van der Waals surface area (Å²) in [5.74, 6) is 1.16. The van der Waals surface area contributed by atoms with Gasteiger partial charge in [0.1, 0.15) is 23.7 Å². The summed E-state index contributed by atoms with van der Waals surface area (Å²) in [7, 11) is 2.61. The molecule has 4 N–H and O–H groups in total. The van der Waals surface area contributed by atoms with E-state index in [0.29, 0.717) is 19.5 Å². The number of hydrogen-bond donors (Lipinski definition) is 4. The number of carbonyl (C=O) groups is 4. The third-order valence-corrected chi connectivity index (χ3v) is 15.0. The first kappa shape index (κ1) is 45.9. The van der Waals surface area contributed by atoms with Crippen LogP contribution in [0.5, 0.6) is 0 Å². The Bertz CT molecular complexity index is 2630. The summed E-state index contributed by atoms with van der Waals surface area (Å²) in [5.41, 5.74) is 11.2. The molecule has 3 aromatic heterocycles. The number of nitrogens with one attached hydrogen (secondary N) is 4. The van der Waals surface area contributed by atoms with Gasteiger partial charge in [-0.1, -0.05) is 58.7 Å². The van der Waals surface area contributed by atoms with E-state index in [-0.39, 0.29) is 41.1 Å². The lowest BCUT2D eigenvalue weighted by molar-refractivity contribution is -0.136. The van der Waals surface area contributed by atoms with Gasteiger partial charge in [0.2, 0.25) is 11.8 Å². The van der Waals surface area contributed by atoms with Gasteiger partial charge >= 0.3 is 12.2 Å². The minimum Gasteiger partial charge on any atom is -0.453 e. The van der Waals surface area contributed by atoms with Crippen molar-refractivity contribution in [1.82, 2.24) is 45.4 Å². The molecule has 2 saturated heterocycles. The van der Waals surface area contributed by atoms with Crippen molar-refractivity contribution in [3.8, 4) is 33.6 Å². The molecule has 0 radical (unpaired) electrons. The number of aromatic amines is 2. The van der Waals surface area contributed by atoms with Crippen LogP contribution in [0.1, 0.15) is 121 Å². The predicted octanol–water partition coefficient (Wildman–Crippen LogP) is 8.79. The van der Waals surface area contributed by atoms with Crippen LogP contribution >= 0.6 is 0 Å². The van der Waals surface area contributed by atoms with E-state index >= 15 is 0 Å². The van der Waals surface area contributed by atoms with Gasteiger partial charge in [0.25, 0.3) is 0 Å². The fourth-order valence-electron chi connectivity index (χ4n) is 11.6. The van der Waals surface area contributed by atoms with E-state index in [0.717, 1.165) is 78.2 Å². The highest BCUT2D eigenvalue weighted by molar-refractivity contribution is 5.88. The molecule has 3 fully saturated rings. The number of nitrogens with zero attached hydrogens (tertiary/aromatic N) is 5. The molecule has 67 heavy (non-hydrogen) atoms. The number of ether oxygens (including phenoxy) is 2. The molecule has 15 heteroatoms. The van der Waals surface area contributed by atoms with Gasteiger partial charge in [-0.2, -0.15) is 0 Å². The highest BCUT2D eigenvalue weighted by Gasteiger charge is 2.42. The van der Waals surface area contributed by atoms with E-state index in [4.69, 9.17) is 24.4 Å². The summed E-state index contributed by atoms with van der Waals surface area (Å²) in [6, 6.07) is 13.8. The number of carbonyl (C=O) groups excluding carboxylic acids is 4. The average molecular weight is 912 g/mol. The first-order valence-corrected chi connectivity index (χ1v) is 24.3. The Balaban J connectivity index is 0.963. The van der Waals surface area contributed by atoms with Crippen LogP contribution in [0.25, 0.3) is 44.7 Å². The van der Waals surface area contributed by atoms with Crippen LogP contribution in [-0.4, -0.2) is 104 Å². The highest BCUT2D eigenvalue weighted by Crippen LogP contribution is 2.54. The Morgan fingerprint density at radius 2 is 1.40 bits per heavy atom. The van der Waals surface area contributed by atoms with Crippen LogP contribution in [0.4, 0.5) is 9.59 Å². The maximum absolute atomic E-state index is 13.7. The first-order chi connectivity index (χ1) is 32.4. The van der Waals surface area contributed by atoms with Gasteiger partial charge in [-0.3, -0.25) is 14.6 Å². The number of hydrogen-bond acceptors (Lipinski definition) is 9. The smallest absolute Gasteiger partial charge is 0.407 e. The molecule has 4 amide bonds. The molecule has 15 nitrogen and oxygen atoms in total. The maximum atomic E-state index is 13.7. The zero-order valence-electron chi connectivity index (χ0n) is 39.7. The number of methoxy groups -OCH3 is 2. The van der Waals surface area contributed by atoms with Crippen molar-refractivity contribution in [2.24, 2.45) is 11.8 Å². The summed E-state index contributed by atoms with van der Waals surface area (Å²) < 4.78 is 9.63. The molecule has 9 rings (SSSR count). The second-order valence-electron chi connectivity index (χ2n) is 19.8. The predicted molar refractivity (Wildman–Crippen MR) is 256 cm³/mol. The molecule has 5 aromatic rings. The van der Waals surface area contributed by atoms with Gasteiger partial charge < -0.3 is 39.9 Å². The van der Waals surface area contributed by atoms with Crippen molar-refractivity contribution in [1.29, 1.82) is 0 Å². The Morgan fingerprint density at radius 1 is 0.746 bits per heavy atom. The Morgan fingerprint density at radius 3 is 2.09 bits per heavy atom. The highest BCUT2D eigenvalue weighted by atomic mass is 16.5. The summed E-state index contributed by atoms with van der Waals surface area (Å²) in [6.07, 6.45) is 14.7. The molecule has 2 aliphatic heterocycles. The molecule has 354 valence electrons. The summed E-state index contributed by atoms with van der Waals surface area (Å²) in [4.78, 5) is 77.4. The van der Waals surface area contributed by atoms with Crippen LogP contribution in [0.3, 0.4) is 0 Å². The molecule has 0 bridgehead atoms. The number of rotatable bonds is 12. The molecule has 4 aliphatic rings. The number of fused-ring (bicyclic) bond motifs is 3. The number of amides is 4. The molecule has 0 unspecified atom stereocenters. The molecule has 1 saturated carbocycles. The minimum absolute atomic E-state index is 0.0170. The number of alkyl carbamates (subject to hydrolysis) is 2. The maximum Gasteiger partial charge on any atom is 0.407 e. The molecule has 4 atom stereocenters. The number of likely N-dealkylation sites (tertiary alicyclic amines) is 2. The fraction of sp³-hybridized carbons (Fsp3) is 0.519. The summed E-state index contributed by atoms with van der Waals surface area (Å²) in [5, 5.41) is 5.48. The lowest BCUT2D eigenvalue weighted by Gasteiger charge is -2.39. The van der Waals surface area contributed by atoms with E-state index in [2.05, 4.69) is 63.1 Å². The number of aromatic nitrogens is 5. The van der Waals surface area contributed by atoms with Crippen LogP contribution in [-0.2, 0) is 37.3 Å². The minimum atomic E-state index is -0.695. The van der Waals surface area contributed by atoms with Gasteiger partial charge in [0.05, 0.1) is 48.9 Å². The third-order valence-electron chi connectivity index (χ3n) is 15.0. The second-order valence-corrected chi connectivity index (χ2v) is 19.8. The van der Waals surface area contributed by atoms with Crippen LogP contribution in [0.15, 0.2) is 54.9 Å². The number of pyridine rings is 1. The monoisotopic (exact) mass is 912 g/mol. The Hall–Kier alpha value is -6.25. The van der Waals surface area contributed by atoms with Gasteiger partial charge in [0.15, 0.2) is 0 Å². The molecular formula is C52H65N9O6. The van der Waals surface area contributed by atoms with Crippen molar-refractivity contribution < 1.29 is 28.7 Å². The zero-order chi connectivity index (χ0) is 47.0. The van der Waals surface area contributed by atoms with E-state index in [1.54, 1.807) is 0 Å². The zero-order valence-corrected chi connectivity index (χ0v) is 39.7. The SMILES string of the molecule is COC(=O)N[C@H](C(=O)N1CCC[C@H]1Cc1nc2ccc(-c3ccc(-c4ccc(-c5cnc([C@@H]6CCCN6C(=O)[C@@H](NC(=O)OC)C(C)C)[nH]5)cn4)c4c3C3(CCCC3)CCC4)cc2[nH]1)C(C)C. The average Bonchev–Trinajstić information content (AvgIpc) is 4.20. The van der Waals surface area contributed by atoms with Crippen LogP contribution < -0.4 is 10.6 Å². The molecule has 1 spiro atoms. The fourth-order valence-corrected chi connectivity index (χ4v) is 11.6. The Kier molecular flexibility index (Phi) is 13.1. The van der Waals surface area contributed by atoms with E-state index < -0.39 is 24.3 Å². The molecule has 2 aliphatic carbocycles. The van der Waals surface area contributed by atoms with Crippen molar-refractivity contribution >= 4 is 35.0 Å². The molecule has 5 heterocycles. The van der Waals surface area contributed by atoms with E-state index in [1.807, 2.05) is 49.9 Å². The lowest BCUT2D eigenvalue weighted by Crippen LogP contribution is -2.52. The van der Waals surface area contributed by atoms with E-state index in [1.165, 1.54) is 74.1 Å². The van der Waals surface area contributed by atoms with Gasteiger partial charge in [0, 0.05) is 42.9 Å². The van der Waals surface area contributed by atoms with Crippen molar-refractivity contribution in [3.05, 3.63) is 77.6 Å². The number of benzene rings is 2. The van der Waals surface area contributed by atoms with Crippen molar-refractivity contribution in [3.63, 3.8) is 0 Å². The lowest BCUT2D eigenvalue weighted by atomic mass is 9.65. The standard InChI is InChI=1S/C52H65N9O6/c1-30(2)45(58-50(64)66-5)48(62)60-24-10-12-34(60)27-43-55-39-20-15-32(26-40(39)56-43)35-17-18-36(37-13-9-23-52(44(35)37)21-7-8-22-52)38-19-16-33(28-53-38)41-29-54-47(57-41)42-14-11-25-61(42)49(63)46(31(3)4)59-51(65)67-6/h15-20,26,28-31,34,42,45-46H,7-14,21-25,27H2,1-6H3,(H,54,57)(H,55,56)(H,58,64)(H,59,65)/t34-,42-,45-,46-/m0/s1. The topological polar surface area (TPSA) is 188 Å². The van der Waals surface area contributed by atoms with Crippen molar-refractivity contribution in [2.45, 2.75) is 134 Å². The normalized spacial score (nSPS) is 19.8. The van der Waals surface area contributed by atoms with Gasteiger partial charge in [-0.25, -0.2) is 19.6 Å². The van der Waals surface area contributed by atoms with E-state index in [9.17, 15) is 19.2 Å².